The quantitative estimate of drug-likeness (QED) is 0.648. The second kappa shape index (κ2) is 2.90. The summed E-state index contributed by atoms with van der Waals surface area (Å²) in [5.41, 5.74) is 7.14. The molecule has 0 aliphatic heterocycles. The van der Waals surface area contributed by atoms with E-state index >= 15 is 0 Å². The predicted molar refractivity (Wildman–Crippen MR) is 53.5 cm³/mol. The van der Waals surface area contributed by atoms with Crippen LogP contribution >= 0.6 is 0 Å². The maximum atomic E-state index is 12.0. The van der Waals surface area contributed by atoms with Gasteiger partial charge in [0, 0.05) is 5.56 Å². The Balaban J connectivity index is 2.38. The first-order valence-corrected chi connectivity index (χ1v) is 4.99. The Kier molecular flexibility index (Phi) is 1.66. The number of fused-ring (bicyclic) bond motifs is 2. The molecule has 0 amide bonds. The van der Waals surface area contributed by atoms with Crippen LogP contribution in [0.25, 0.3) is 5.78 Å². The average molecular weight is 205 g/mol. The molecule has 2 heterocycles. The Bertz CT molecular complexity index is 582. The summed E-state index contributed by atoms with van der Waals surface area (Å²) in [7, 11) is 0. The summed E-state index contributed by atoms with van der Waals surface area (Å²) >= 11 is 0. The largest absolute Gasteiger partial charge is 0.324 e. The van der Waals surface area contributed by atoms with Gasteiger partial charge >= 0.3 is 0 Å². The van der Waals surface area contributed by atoms with E-state index in [2.05, 4.69) is 15.1 Å². The lowest BCUT2D eigenvalue weighted by molar-refractivity contribution is 0.828. The van der Waals surface area contributed by atoms with Crippen molar-refractivity contribution >= 4 is 5.78 Å². The van der Waals surface area contributed by atoms with Crippen molar-refractivity contribution in [1.29, 1.82) is 0 Å². The molecule has 0 spiro atoms. The smallest absolute Gasteiger partial charge is 0.277 e. The number of hydrogen-bond acceptors (Lipinski definition) is 4. The van der Waals surface area contributed by atoms with E-state index in [-0.39, 0.29) is 12.1 Å². The third-order valence-corrected chi connectivity index (χ3v) is 2.75. The van der Waals surface area contributed by atoms with Gasteiger partial charge in [0.25, 0.3) is 11.3 Å². The topological polar surface area (TPSA) is 89.1 Å². The molecule has 1 aliphatic carbocycles. The summed E-state index contributed by atoms with van der Waals surface area (Å²) in [6.45, 7) is 0.285. The minimum absolute atomic E-state index is 0.0281. The van der Waals surface area contributed by atoms with Crippen molar-refractivity contribution in [3.8, 4) is 0 Å². The van der Waals surface area contributed by atoms with Crippen LogP contribution in [-0.2, 0) is 19.4 Å². The molecule has 2 aromatic heterocycles. The van der Waals surface area contributed by atoms with Gasteiger partial charge in [0.05, 0.1) is 12.2 Å². The van der Waals surface area contributed by atoms with E-state index < -0.39 is 0 Å². The molecule has 0 saturated carbocycles. The van der Waals surface area contributed by atoms with Crippen LogP contribution < -0.4 is 11.3 Å². The van der Waals surface area contributed by atoms with Crippen molar-refractivity contribution in [3.63, 3.8) is 0 Å². The molecule has 6 nitrogen and oxygen atoms in total. The van der Waals surface area contributed by atoms with Crippen LogP contribution in [0.5, 0.6) is 0 Å². The van der Waals surface area contributed by atoms with Crippen molar-refractivity contribution in [2.75, 3.05) is 0 Å². The lowest BCUT2D eigenvalue weighted by atomic mass is 10.3. The molecule has 0 aromatic carbocycles. The van der Waals surface area contributed by atoms with E-state index in [1.807, 2.05) is 0 Å². The molecular formula is C9H11N5O. The molecule has 0 bridgehead atoms. The van der Waals surface area contributed by atoms with Gasteiger partial charge in [-0.05, 0) is 19.3 Å². The van der Waals surface area contributed by atoms with Crippen LogP contribution in [0.3, 0.4) is 0 Å². The Morgan fingerprint density at radius 1 is 1.40 bits per heavy atom. The maximum absolute atomic E-state index is 12.0. The number of aryl methyl sites for hydroxylation is 1. The maximum Gasteiger partial charge on any atom is 0.277 e. The van der Waals surface area contributed by atoms with Gasteiger partial charge in [-0.1, -0.05) is 0 Å². The third-order valence-electron chi connectivity index (χ3n) is 2.75. The van der Waals surface area contributed by atoms with Gasteiger partial charge in [0.2, 0.25) is 0 Å². The molecule has 0 atom stereocenters. The summed E-state index contributed by atoms with van der Waals surface area (Å²) < 4.78 is 1.38. The van der Waals surface area contributed by atoms with Gasteiger partial charge in [-0.3, -0.25) is 9.89 Å². The molecule has 15 heavy (non-hydrogen) atoms. The van der Waals surface area contributed by atoms with Gasteiger partial charge in [0.1, 0.15) is 5.82 Å². The van der Waals surface area contributed by atoms with E-state index in [0.717, 1.165) is 30.5 Å². The van der Waals surface area contributed by atoms with Gasteiger partial charge in [0.15, 0.2) is 0 Å². The van der Waals surface area contributed by atoms with Gasteiger partial charge in [-0.25, -0.2) is 4.98 Å². The van der Waals surface area contributed by atoms with Crippen molar-refractivity contribution < 1.29 is 0 Å². The number of aromatic nitrogens is 4. The second-order valence-corrected chi connectivity index (χ2v) is 3.71. The Morgan fingerprint density at radius 3 is 3.07 bits per heavy atom. The molecule has 0 unspecified atom stereocenters. The lowest BCUT2D eigenvalue weighted by Crippen LogP contribution is -2.20. The SMILES string of the molecule is NCc1nc2nc3c(c(=O)n2[nH]1)CCC3. The highest BCUT2D eigenvalue weighted by atomic mass is 16.1. The Hall–Kier alpha value is -1.69. The van der Waals surface area contributed by atoms with Crippen LogP contribution in [-0.4, -0.2) is 19.6 Å². The Labute approximate surface area is 85.1 Å². The number of hydrogen-bond donors (Lipinski definition) is 2. The number of rotatable bonds is 1. The Morgan fingerprint density at radius 2 is 2.27 bits per heavy atom. The molecule has 0 fully saturated rings. The molecule has 0 radical (unpaired) electrons. The van der Waals surface area contributed by atoms with Crippen molar-refractivity contribution in [2.45, 2.75) is 25.8 Å². The van der Waals surface area contributed by atoms with E-state index in [4.69, 9.17) is 5.73 Å². The number of aromatic amines is 1. The first-order chi connectivity index (χ1) is 7.29. The minimum Gasteiger partial charge on any atom is -0.324 e. The summed E-state index contributed by atoms with van der Waals surface area (Å²) in [5.74, 6) is 1.02. The highest BCUT2D eigenvalue weighted by Gasteiger charge is 2.19. The molecule has 6 heteroatoms. The third kappa shape index (κ3) is 1.11. The van der Waals surface area contributed by atoms with E-state index in [0.29, 0.717) is 11.6 Å². The summed E-state index contributed by atoms with van der Waals surface area (Å²) in [6.07, 6.45) is 2.71. The molecule has 0 saturated heterocycles. The summed E-state index contributed by atoms with van der Waals surface area (Å²) in [6, 6.07) is 0. The fourth-order valence-electron chi connectivity index (χ4n) is 2.02. The monoisotopic (exact) mass is 205 g/mol. The molecule has 78 valence electrons. The van der Waals surface area contributed by atoms with Gasteiger partial charge in [-0.2, -0.15) is 9.50 Å². The second-order valence-electron chi connectivity index (χ2n) is 3.71. The average Bonchev–Trinajstić information content (AvgIpc) is 2.83. The zero-order valence-electron chi connectivity index (χ0n) is 8.16. The zero-order valence-corrected chi connectivity index (χ0v) is 8.16. The van der Waals surface area contributed by atoms with Crippen LogP contribution in [0.1, 0.15) is 23.5 Å². The van der Waals surface area contributed by atoms with Gasteiger partial charge in [-0.15, -0.1) is 0 Å². The van der Waals surface area contributed by atoms with Crippen LogP contribution in [0.15, 0.2) is 4.79 Å². The predicted octanol–water partition coefficient (Wildman–Crippen LogP) is -0.635. The lowest BCUT2D eigenvalue weighted by Gasteiger charge is -1.96. The molecule has 2 aromatic rings. The standard InChI is InChI=1S/C9H11N5O/c10-4-7-12-9-11-6-3-1-2-5(6)8(15)14(9)13-7/h1-4,10H2,(H,11,12,13). The normalized spacial score (nSPS) is 14.7. The van der Waals surface area contributed by atoms with E-state index in [1.54, 1.807) is 0 Å². The number of nitrogens with two attached hydrogens (primary N) is 1. The summed E-state index contributed by atoms with van der Waals surface area (Å²) in [4.78, 5) is 20.5. The fraction of sp³-hybridized carbons (Fsp3) is 0.444. The van der Waals surface area contributed by atoms with Gasteiger partial charge < -0.3 is 5.73 Å². The minimum atomic E-state index is -0.0281. The zero-order chi connectivity index (χ0) is 10.4. The first kappa shape index (κ1) is 8.60. The first-order valence-electron chi connectivity index (χ1n) is 4.99. The van der Waals surface area contributed by atoms with Crippen molar-refractivity contribution in [3.05, 3.63) is 27.4 Å². The molecule has 3 rings (SSSR count). The highest BCUT2D eigenvalue weighted by Crippen LogP contribution is 2.16. The molecular weight excluding hydrogens is 194 g/mol. The van der Waals surface area contributed by atoms with Crippen LogP contribution in [0.4, 0.5) is 0 Å². The van der Waals surface area contributed by atoms with Crippen LogP contribution in [0, 0.1) is 0 Å². The van der Waals surface area contributed by atoms with E-state index in [1.165, 1.54) is 4.52 Å². The van der Waals surface area contributed by atoms with Crippen molar-refractivity contribution in [1.82, 2.24) is 19.6 Å². The molecule has 1 aliphatic rings. The summed E-state index contributed by atoms with van der Waals surface area (Å²) in [5, 5.41) is 2.85. The number of nitrogens with zero attached hydrogens (tertiary/aromatic N) is 3. The molecule has 3 N–H and O–H groups in total. The fourth-order valence-corrected chi connectivity index (χ4v) is 2.02. The highest BCUT2D eigenvalue weighted by molar-refractivity contribution is 5.34. The number of H-pyrrole nitrogens is 1. The van der Waals surface area contributed by atoms with E-state index in [9.17, 15) is 4.79 Å². The van der Waals surface area contributed by atoms with Crippen molar-refractivity contribution in [2.24, 2.45) is 5.73 Å². The van der Waals surface area contributed by atoms with Crippen LogP contribution in [0.2, 0.25) is 0 Å². The number of nitrogens with one attached hydrogen (secondary N) is 1.